The lowest BCUT2D eigenvalue weighted by atomic mass is 9.71. The van der Waals surface area contributed by atoms with Crippen molar-refractivity contribution < 1.29 is 14.3 Å². The predicted molar refractivity (Wildman–Crippen MR) is 133 cm³/mol. The molecule has 1 aromatic heterocycles. The fraction of sp³-hybridized carbons (Fsp3) is 0.444. The molecule has 0 atom stereocenters. The van der Waals surface area contributed by atoms with E-state index in [1.54, 1.807) is 0 Å². The van der Waals surface area contributed by atoms with Gasteiger partial charge in [-0.05, 0) is 57.6 Å². The van der Waals surface area contributed by atoms with Gasteiger partial charge in [0.05, 0.1) is 30.6 Å². The standard InChI is InChI=1S/C27H35N3O3/c1-7-23(33-16(2)3)22(30-10-12-32-13-11-30)15-20-17(4)25(31)24-19-9-8-18(28)14-21(19)29-26(24)27(20,5)6/h7-9,14-16,29H,10-13,28H2,1-6H3/b22-15+,23-7+. The van der Waals surface area contributed by atoms with Crippen LogP contribution in [0.15, 0.2) is 53.0 Å². The number of ether oxygens (including phenoxy) is 2. The van der Waals surface area contributed by atoms with Crippen LogP contribution in [-0.2, 0) is 14.9 Å². The second-order valence-electron chi connectivity index (χ2n) is 9.62. The molecule has 0 radical (unpaired) electrons. The number of carbonyl (C=O) groups is 1. The predicted octanol–water partition coefficient (Wildman–Crippen LogP) is 5.09. The fourth-order valence-electron chi connectivity index (χ4n) is 4.91. The molecule has 1 fully saturated rings. The van der Waals surface area contributed by atoms with Crippen LogP contribution in [0.4, 0.5) is 5.69 Å². The molecule has 176 valence electrons. The van der Waals surface area contributed by atoms with E-state index in [1.807, 2.05) is 52.0 Å². The fourth-order valence-corrected chi connectivity index (χ4v) is 4.91. The van der Waals surface area contributed by atoms with Gasteiger partial charge >= 0.3 is 0 Å². The van der Waals surface area contributed by atoms with E-state index in [2.05, 4.69) is 29.8 Å². The lowest BCUT2D eigenvalue weighted by Gasteiger charge is -2.36. The van der Waals surface area contributed by atoms with Gasteiger partial charge in [0.15, 0.2) is 5.78 Å². The van der Waals surface area contributed by atoms with Crippen molar-refractivity contribution in [2.24, 2.45) is 0 Å². The van der Waals surface area contributed by atoms with Gasteiger partial charge in [-0.3, -0.25) is 4.79 Å². The molecule has 0 amide bonds. The quantitative estimate of drug-likeness (QED) is 0.378. The van der Waals surface area contributed by atoms with E-state index in [9.17, 15) is 4.79 Å². The maximum Gasteiger partial charge on any atom is 0.191 e. The molecule has 2 heterocycles. The monoisotopic (exact) mass is 449 g/mol. The number of hydrogen-bond donors (Lipinski definition) is 2. The zero-order chi connectivity index (χ0) is 23.9. The van der Waals surface area contributed by atoms with Gasteiger partial charge in [-0.2, -0.15) is 0 Å². The molecule has 1 aliphatic carbocycles. The summed E-state index contributed by atoms with van der Waals surface area (Å²) in [6.07, 6.45) is 4.20. The van der Waals surface area contributed by atoms with Crippen LogP contribution in [0.3, 0.4) is 0 Å². The second-order valence-corrected chi connectivity index (χ2v) is 9.62. The lowest BCUT2D eigenvalue weighted by Crippen LogP contribution is -2.37. The van der Waals surface area contributed by atoms with Crippen molar-refractivity contribution in [1.82, 2.24) is 9.88 Å². The number of hydrogen-bond acceptors (Lipinski definition) is 5. The minimum absolute atomic E-state index is 0.0440. The first kappa shape index (κ1) is 23.2. The van der Waals surface area contributed by atoms with Crippen LogP contribution >= 0.6 is 0 Å². The van der Waals surface area contributed by atoms with E-state index in [4.69, 9.17) is 15.2 Å². The lowest BCUT2D eigenvalue weighted by molar-refractivity contribution is 0.0470. The molecule has 4 rings (SSSR count). The van der Waals surface area contributed by atoms with Crippen molar-refractivity contribution in [2.75, 3.05) is 32.0 Å². The van der Waals surface area contributed by atoms with Crippen molar-refractivity contribution in [3.8, 4) is 0 Å². The van der Waals surface area contributed by atoms with Crippen LogP contribution in [0.25, 0.3) is 10.9 Å². The third-order valence-corrected chi connectivity index (χ3v) is 6.60. The number of aromatic nitrogens is 1. The zero-order valence-corrected chi connectivity index (χ0v) is 20.5. The number of morpholine rings is 1. The Hall–Kier alpha value is -2.99. The van der Waals surface area contributed by atoms with E-state index in [0.29, 0.717) is 18.9 Å². The number of allylic oxidation sites excluding steroid dienone is 4. The van der Waals surface area contributed by atoms with Gasteiger partial charge in [0.1, 0.15) is 5.76 Å². The molecule has 33 heavy (non-hydrogen) atoms. The van der Waals surface area contributed by atoms with E-state index in [1.165, 1.54) is 0 Å². The number of anilines is 1. The van der Waals surface area contributed by atoms with Gasteiger partial charge < -0.3 is 25.1 Å². The van der Waals surface area contributed by atoms with Crippen molar-refractivity contribution in [2.45, 2.75) is 53.1 Å². The van der Waals surface area contributed by atoms with Gasteiger partial charge in [-0.1, -0.05) is 19.9 Å². The first-order chi connectivity index (χ1) is 15.6. The number of nitrogens with two attached hydrogens (primary N) is 1. The summed E-state index contributed by atoms with van der Waals surface area (Å²) in [5, 5.41) is 0.922. The summed E-state index contributed by atoms with van der Waals surface area (Å²) >= 11 is 0. The first-order valence-corrected chi connectivity index (χ1v) is 11.7. The molecule has 2 aliphatic rings. The Bertz CT molecular complexity index is 1170. The highest BCUT2D eigenvalue weighted by Crippen LogP contribution is 2.45. The van der Waals surface area contributed by atoms with Crippen LogP contribution in [0.2, 0.25) is 0 Å². The van der Waals surface area contributed by atoms with E-state index in [0.717, 1.165) is 57.9 Å². The summed E-state index contributed by atoms with van der Waals surface area (Å²) < 4.78 is 11.8. The van der Waals surface area contributed by atoms with Gasteiger partial charge in [-0.15, -0.1) is 0 Å². The highest BCUT2D eigenvalue weighted by molar-refractivity contribution is 6.19. The summed E-state index contributed by atoms with van der Waals surface area (Å²) in [7, 11) is 0. The molecule has 0 spiro atoms. The first-order valence-electron chi connectivity index (χ1n) is 11.7. The number of nitrogens with one attached hydrogen (secondary N) is 1. The molecular formula is C27H35N3O3. The van der Waals surface area contributed by atoms with Crippen molar-refractivity contribution >= 4 is 22.4 Å². The number of nitrogens with zero attached hydrogens (tertiary/aromatic N) is 1. The number of aromatic amines is 1. The third kappa shape index (κ3) is 4.08. The smallest absolute Gasteiger partial charge is 0.191 e. The number of nitrogen functional groups attached to an aromatic ring is 1. The Morgan fingerprint density at radius 1 is 1.27 bits per heavy atom. The normalized spacial score (nSPS) is 19.5. The van der Waals surface area contributed by atoms with Gasteiger partial charge in [0.2, 0.25) is 0 Å². The summed E-state index contributed by atoms with van der Waals surface area (Å²) in [6, 6.07) is 5.69. The number of Topliss-reactive ketones (excluding diaryl/α,β-unsaturated/α-hetero) is 1. The summed E-state index contributed by atoms with van der Waals surface area (Å²) in [5.41, 5.74) is 11.6. The third-order valence-electron chi connectivity index (χ3n) is 6.60. The summed E-state index contributed by atoms with van der Waals surface area (Å²) in [4.78, 5) is 19.4. The number of ketones is 1. The van der Waals surface area contributed by atoms with Crippen LogP contribution < -0.4 is 5.73 Å². The highest BCUT2D eigenvalue weighted by Gasteiger charge is 2.40. The van der Waals surface area contributed by atoms with Crippen LogP contribution in [0.5, 0.6) is 0 Å². The van der Waals surface area contributed by atoms with Crippen LogP contribution in [-0.4, -0.2) is 48.1 Å². The number of carbonyl (C=O) groups excluding carboxylic acids is 1. The molecule has 0 bridgehead atoms. The summed E-state index contributed by atoms with van der Waals surface area (Å²) in [5.74, 6) is 0.880. The molecular weight excluding hydrogens is 414 g/mol. The molecule has 1 aliphatic heterocycles. The van der Waals surface area contributed by atoms with Gasteiger partial charge in [-0.25, -0.2) is 0 Å². The molecule has 0 saturated carbocycles. The zero-order valence-electron chi connectivity index (χ0n) is 20.5. The average molecular weight is 450 g/mol. The largest absolute Gasteiger partial charge is 0.489 e. The second kappa shape index (κ2) is 8.75. The molecule has 2 aromatic rings. The Labute approximate surface area is 196 Å². The SMILES string of the molecule is C/C=C(OC(C)C)\C(=C/C1=C(C)C(=O)c2c([nH]c3cc(N)ccc23)C1(C)C)N1CCOCC1. The maximum absolute atomic E-state index is 13.6. The Balaban J connectivity index is 1.89. The maximum atomic E-state index is 13.6. The molecule has 1 saturated heterocycles. The minimum Gasteiger partial charge on any atom is -0.489 e. The van der Waals surface area contributed by atoms with Gasteiger partial charge in [0.25, 0.3) is 0 Å². The molecule has 0 unspecified atom stereocenters. The highest BCUT2D eigenvalue weighted by atomic mass is 16.5. The van der Waals surface area contributed by atoms with Crippen molar-refractivity contribution in [3.05, 3.63) is 64.2 Å². The minimum atomic E-state index is -0.407. The van der Waals surface area contributed by atoms with Crippen molar-refractivity contribution in [3.63, 3.8) is 0 Å². The molecule has 3 N–H and O–H groups in total. The van der Waals surface area contributed by atoms with Crippen LogP contribution in [0.1, 0.15) is 57.6 Å². The topological polar surface area (TPSA) is 80.6 Å². The average Bonchev–Trinajstić information content (AvgIpc) is 3.16. The number of benzene rings is 1. The number of rotatable bonds is 5. The van der Waals surface area contributed by atoms with E-state index >= 15 is 0 Å². The summed E-state index contributed by atoms with van der Waals surface area (Å²) in [6.45, 7) is 15.2. The van der Waals surface area contributed by atoms with E-state index in [-0.39, 0.29) is 11.9 Å². The Morgan fingerprint density at radius 2 is 1.97 bits per heavy atom. The van der Waals surface area contributed by atoms with Gasteiger partial charge in [0, 0.05) is 46.4 Å². The molecule has 1 aromatic carbocycles. The van der Waals surface area contributed by atoms with Crippen molar-refractivity contribution in [1.29, 1.82) is 0 Å². The molecule has 6 heteroatoms. The van der Waals surface area contributed by atoms with E-state index < -0.39 is 5.41 Å². The number of fused-ring (bicyclic) bond motifs is 3. The molecule has 6 nitrogen and oxygen atoms in total. The Morgan fingerprint density at radius 3 is 2.61 bits per heavy atom. The van der Waals surface area contributed by atoms with Crippen LogP contribution in [0, 0.1) is 0 Å². The Kier molecular flexibility index (Phi) is 6.14. The number of H-pyrrole nitrogens is 1.